The van der Waals surface area contributed by atoms with Gasteiger partial charge in [0.25, 0.3) is 0 Å². The maximum atomic E-state index is 4.19. The summed E-state index contributed by atoms with van der Waals surface area (Å²) in [5.74, 6) is 0. The van der Waals surface area contributed by atoms with Gasteiger partial charge < -0.3 is 5.01 Å². The minimum Gasteiger partial charge on any atom is -0.306 e. The Balaban J connectivity index is 0.00000144. The van der Waals surface area contributed by atoms with Crippen molar-refractivity contribution in [2.24, 2.45) is 5.10 Å². The Morgan fingerprint density at radius 3 is 2.23 bits per heavy atom. The number of benzene rings is 1. The van der Waals surface area contributed by atoms with Crippen molar-refractivity contribution >= 4 is 5.71 Å². The van der Waals surface area contributed by atoms with Crippen LogP contribution in [0.2, 0.25) is 0 Å². The van der Waals surface area contributed by atoms with Gasteiger partial charge in [0.2, 0.25) is 0 Å². The van der Waals surface area contributed by atoms with Gasteiger partial charge in [0.15, 0.2) is 0 Å². The number of rotatable bonds is 2. The molecule has 3 heteroatoms. The molecule has 0 amide bonds. The molecule has 0 unspecified atom stereocenters. The molecule has 0 aliphatic rings. The normalized spacial score (nSPS) is 10.5. The molecule has 0 aliphatic carbocycles. The Bertz CT molecular complexity index is 268. The molecule has 0 saturated carbocycles. The van der Waals surface area contributed by atoms with Gasteiger partial charge in [-0.25, -0.2) is 12.0 Å². The molecule has 0 spiro atoms. The first-order valence-electron chi connectivity index (χ1n) is 3.83. The summed E-state index contributed by atoms with van der Waals surface area (Å²) in [4.78, 5) is 0. The second-order valence-corrected chi connectivity index (χ2v) is 2.76. The molecule has 13 heavy (non-hydrogen) atoms. The summed E-state index contributed by atoms with van der Waals surface area (Å²) >= 11 is 0. The maximum absolute atomic E-state index is 4.19. The van der Waals surface area contributed by atoms with Gasteiger partial charge in [-0.1, -0.05) is 23.9 Å². The standard InChI is InChI=1S/C10H13N2.Li/c1-9(11-12(2)3)10-7-5-4-6-8-10;/h4-8H,1H2,2-3H3;/q-1;+1/b11-9+;. The van der Waals surface area contributed by atoms with E-state index in [0.29, 0.717) is 0 Å². The predicted molar refractivity (Wildman–Crippen MR) is 52.0 cm³/mol. The zero-order valence-electron chi connectivity index (χ0n) is 8.49. The van der Waals surface area contributed by atoms with Crippen LogP contribution in [0.5, 0.6) is 0 Å². The molecule has 0 heterocycles. The molecule has 0 atom stereocenters. The first-order valence-corrected chi connectivity index (χ1v) is 3.83. The van der Waals surface area contributed by atoms with Gasteiger partial charge >= 0.3 is 18.9 Å². The van der Waals surface area contributed by atoms with Crippen LogP contribution < -0.4 is 18.9 Å². The minimum absolute atomic E-state index is 0. The fourth-order valence-corrected chi connectivity index (χ4v) is 0.930. The van der Waals surface area contributed by atoms with Crippen molar-refractivity contribution in [3.8, 4) is 0 Å². The smallest absolute Gasteiger partial charge is 0.306 e. The first kappa shape index (κ1) is 12.2. The van der Waals surface area contributed by atoms with Gasteiger partial charge in [-0.15, -0.1) is 17.7 Å². The molecule has 0 N–H and O–H groups in total. The van der Waals surface area contributed by atoms with Gasteiger partial charge in [-0.05, 0) is 0 Å². The van der Waals surface area contributed by atoms with E-state index in [0.717, 1.165) is 11.3 Å². The molecule has 0 aromatic heterocycles. The fourth-order valence-electron chi connectivity index (χ4n) is 0.930. The summed E-state index contributed by atoms with van der Waals surface area (Å²) in [6.07, 6.45) is 0. The molecular weight excluding hydrogens is 155 g/mol. The van der Waals surface area contributed by atoms with E-state index >= 15 is 0 Å². The van der Waals surface area contributed by atoms with Gasteiger partial charge in [0.05, 0.1) is 0 Å². The van der Waals surface area contributed by atoms with E-state index in [-0.39, 0.29) is 18.9 Å². The fraction of sp³-hybridized carbons (Fsp3) is 0.200. The van der Waals surface area contributed by atoms with Crippen molar-refractivity contribution < 1.29 is 18.9 Å². The van der Waals surface area contributed by atoms with Crippen LogP contribution in [0.25, 0.3) is 0 Å². The number of hydrogen-bond acceptors (Lipinski definition) is 2. The molecule has 0 radical (unpaired) electrons. The van der Waals surface area contributed by atoms with Crippen LogP contribution >= 0.6 is 0 Å². The molecular formula is C10H13LiN2. The van der Waals surface area contributed by atoms with E-state index in [1.165, 1.54) is 0 Å². The Hall–Kier alpha value is -0.843. The van der Waals surface area contributed by atoms with E-state index in [2.05, 4.69) is 12.0 Å². The predicted octanol–water partition coefficient (Wildman–Crippen LogP) is -1.21. The average Bonchev–Trinajstić information content (AvgIpc) is 2.05. The van der Waals surface area contributed by atoms with E-state index in [9.17, 15) is 0 Å². The molecule has 64 valence electrons. The second-order valence-electron chi connectivity index (χ2n) is 2.76. The van der Waals surface area contributed by atoms with Crippen LogP contribution in [0, 0.1) is 6.92 Å². The second kappa shape index (κ2) is 5.74. The van der Waals surface area contributed by atoms with Crippen LogP contribution in [0.15, 0.2) is 35.4 Å². The third kappa shape index (κ3) is 4.07. The summed E-state index contributed by atoms with van der Waals surface area (Å²) < 4.78 is 0. The molecule has 1 aromatic carbocycles. The van der Waals surface area contributed by atoms with Crippen LogP contribution in [-0.2, 0) is 0 Å². The van der Waals surface area contributed by atoms with Crippen LogP contribution in [0.1, 0.15) is 5.56 Å². The van der Waals surface area contributed by atoms with E-state index in [4.69, 9.17) is 0 Å². The van der Waals surface area contributed by atoms with Gasteiger partial charge in [-0.2, -0.15) is 0 Å². The van der Waals surface area contributed by atoms with E-state index < -0.39 is 0 Å². The van der Waals surface area contributed by atoms with Crippen LogP contribution in [-0.4, -0.2) is 24.8 Å². The van der Waals surface area contributed by atoms with E-state index in [1.54, 1.807) is 5.01 Å². The van der Waals surface area contributed by atoms with Crippen LogP contribution in [0.3, 0.4) is 0 Å². The SMILES string of the molecule is [CH2-]/C(=N\N(C)C)c1ccccc1.[Li+]. The topological polar surface area (TPSA) is 15.6 Å². The molecule has 0 fully saturated rings. The summed E-state index contributed by atoms with van der Waals surface area (Å²) in [5, 5.41) is 5.93. The first-order chi connectivity index (χ1) is 5.70. The summed E-state index contributed by atoms with van der Waals surface area (Å²) in [6.45, 7) is 3.86. The van der Waals surface area contributed by atoms with E-state index in [1.807, 2.05) is 44.4 Å². The Kier molecular flexibility index (Phi) is 5.37. The zero-order valence-corrected chi connectivity index (χ0v) is 8.49. The molecule has 1 aromatic rings. The minimum atomic E-state index is 0. The molecule has 0 bridgehead atoms. The maximum Gasteiger partial charge on any atom is 1.00 e. The van der Waals surface area contributed by atoms with Crippen molar-refractivity contribution in [1.29, 1.82) is 0 Å². The largest absolute Gasteiger partial charge is 1.00 e. The Morgan fingerprint density at radius 1 is 1.23 bits per heavy atom. The van der Waals surface area contributed by atoms with Crippen molar-refractivity contribution in [2.75, 3.05) is 14.1 Å². The number of hydrogen-bond donors (Lipinski definition) is 0. The zero-order chi connectivity index (χ0) is 8.97. The molecule has 1 rings (SSSR count). The summed E-state index contributed by atoms with van der Waals surface area (Å²) in [6, 6.07) is 9.93. The Morgan fingerprint density at radius 2 is 1.77 bits per heavy atom. The van der Waals surface area contributed by atoms with Crippen molar-refractivity contribution in [2.45, 2.75) is 0 Å². The van der Waals surface area contributed by atoms with Crippen molar-refractivity contribution in [3.63, 3.8) is 0 Å². The van der Waals surface area contributed by atoms with Crippen molar-refractivity contribution in [1.82, 2.24) is 5.01 Å². The van der Waals surface area contributed by atoms with Gasteiger partial charge in [0.1, 0.15) is 0 Å². The van der Waals surface area contributed by atoms with Crippen molar-refractivity contribution in [3.05, 3.63) is 42.8 Å². The summed E-state index contributed by atoms with van der Waals surface area (Å²) in [5.41, 5.74) is 1.85. The third-order valence-corrected chi connectivity index (χ3v) is 1.43. The summed E-state index contributed by atoms with van der Waals surface area (Å²) in [7, 11) is 3.77. The molecule has 0 saturated heterocycles. The number of hydrazone groups is 1. The van der Waals surface area contributed by atoms with Crippen LogP contribution in [0.4, 0.5) is 0 Å². The molecule has 0 aliphatic heterocycles. The number of nitrogens with zero attached hydrogens (tertiary/aromatic N) is 2. The van der Waals surface area contributed by atoms with Gasteiger partial charge in [-0.3, -0.25) is 0 Å². The monoisotopic (exact) mass is 168 g/mol. The third-order valence-electron chi connectivity index (χ3n) is 1.43. The van der Waals surface area contributed by atoms with Gasteiger partial charge in [0, 0.05) is 14.1 Å². The Labute approximate surface area is 91.8 Å². The molecule has 2 nitrogen and oxygen atoms in total. The quantitative estimate of drug-likeness (QED) is 0.234. The average molecular weight is 168 g/mol.